The summed E-state index contributed by atoms with van der Waals surface area (Å²) >= 11 is 1.71. The van der Waals surface area contributed by atoms with E-state index in [1.807, 2.05) is 11.7 Å². The summed E-state index contributed by atoms with van der Waals surface area (Å²) in [6, 6.07) is 9.10. The lowest BCUT2D eigenvalue weighted by atomic mass is 10.2. The van der Waals surface area contributed by atoms with E-state index in [0.717, 1.165) is 13.1 Å². The Morgan fingerprint density at radius 3 is 2.90 bits per heavy atom. The third-order valence-corrected chi connectivity index (χ3v) is 4.15. The maximum absolute atomic E-state index is 4.16. The minimum atomic E-state index is 0.499. The van der Waals surface area contributed by atoms with Gasteiger partial charge in [-0.1, -0.05) is 32.0 Å². The molecule has 0 bridgehead atoms. The second-order valence-electron chi connectivity index (χ2n) is 5.30. The number of hydrogen-bond donors (Lipinski definition) is 1. The van der Waals surface area contributed by atoms with Crippen molar-refractivity contribution in [1.82, 2.24) is 14.9 Å². The van der Waals surface area contributed by atoms with Crippen molar-refractivity contribution < 1.29 is 0 Å². The summed E-state index contributed by atoms with van der Waals surface area (Å²) in [7, 11) is 0. The predicted molar refractivity (Wildman–Crippen MR) is 85.1 cm³/mol. The van der Waals surface area contributed by atoms with E-state index in [4.69, 9.17) is 0 Å². The average Bonchev–Trinajstić information content (AvgIpc) is 3.06. The van der Waals surface area contributed by atoms with Crippen molar-refractivity contribution in [3.63, 3.8) is 0 Å². The number of rotatable bonds is 5. The summed E-state index contributed by atoms with van der Waals surface area (Å²) in [5.41, 5.74) is 4.54. The molecule has 0 atom stereocenters. The van der Waals surface area contributed by atoms with Gasteiger partial charge in [0, 0.05) is 40.8 Å². The molecule has 0 aliphatic carbocycles. The van der Waals surface area contributed by atoms with Gasteiger partial charge in [0.2, 0.25) is 0 Å². The van der Waals surface area contributed by atoms with Crippen LogP contribution >= 0.6 is 11.3 Å². The van der Waals surface area contributed by atoms with Gasteiger partial charge in [-0.3, -0.25) is 4.98 Å². The van der Waals surface area contributed by atoms with Crippen LogP contribution < -0.4 is 5.32 Å². The van der Waals surface area contributed by atoms with E-state index in [1.165, 1.54) is 21.3 Å². The van der Waals surface area contributed by atoms with Gasteiger partial charge in [0.1, 0.15) is 0 Å². The summed E-state index contributed by atoms with van der Waals surface area (Å²) in [4.78, 5) is 5.44. The molecule has 104 valence electrons. The molecule has 0 radical (unpaired) electrons. The zero-order chi connectivity index (χ0) is 13.9. The van der Waals surface area contributed by atoms with E-state index in [-0.39, 0.29) is 0 Å². The van der Waals surface area contributed by atoms with Crippen molar-refractivity contribution in [2.24, 2.45) is 0 Å². The molecule has 20 heavy (non-hydrogen) atoms. The van der Waals surface area contributed by atoms with Crippen LogP contribution in [0.3, 0.4) is 0 Å². The number of para-hydroxylation sites is 1. The van der Waals surface area contributed by atoms with Gasteiger partial charge >= 0.3 is 0 Å². The van der Waals surface area contributed by atoms with E-state index in [2.05, 4.69) is 59.2 Å². The molecule has 0 aliphatic rings. The first-order chi connectivity index (χ1) is 9.74. The van der Waals surface area contributed by atoms with Crippen molar-refractivity contribution in [2.75, 3.05) is 0 Å². The van der Waals surface area contributed by atoms with E-state index < -0.39 is 0 Å². The van der Waals surface area contributed by atoms with Gasteiger partial charge < -0.3 is 9.88 Å². The van der Waals surface area contributed by atoms with Crippen molar-refractivity contribution in [3.05, 3.63) is 52.6 Å². The van der Waals surface area contributed by atoms with Crippen LogP contribution in [0.4, 0.5) is 0 Å². The van der Waals surface area contributed by atoms with Crippen LogP contribution in [0.25, 0.3) is 10.9 Å². The molecule has 1 N–H and O–H groups in total. The van der Waals surface area contributed by atoms with Gasteiger partial charge in [-0.15, -0.1) is 11.3 Å². The third-order valence-electron chi connectivity index (χ3n) is 3.38. The molecule has 0 spiro atoms. The van der Waals surface area contributed by atoms with E-state index >= 15 is 0 Å². The number of thiazole rings is 1. The van der Waals surface area contributed by atoms with Crippen LogP contribution in [-0.4, -0.2) is 15.6 Å². The number of fused-ring (bicyclic) bond motifs is 1. The van der Waals surface area contributed by atoms with Gasteiger partial charge in [-0.05, 0) is 11.6 Å². The maximum Gasteiger partial charge on any atom is 0.0794 e. The van der Waals surface area contributed by atoms with Crippen LogP contribution in [0, 0.1) is 0 Å². The van der Waals surface area contributed by atoms with Crippen LogP contribution in [0.1, 0.15) is 24.3 Å². The Bertz CT molecular complexity index is 683. The topological polar surface area (TPSA) is 29.9 Å². The molecule has 0 saturated carbocycles. The Morgan fingerprint density at radius 1 is 1.30 bits per heavy atom. The molecule has 0 fully saturated rings. The lowest BCUT2D eigenvalue weighted by Crippen LogP contribution is -2.21. The Morgan fingerprint density at radius 2 is 2.15 bits per heavy atom. The third kappa shape index (κ3) is 2.76. The molecular formula is C16H19N3S. The average molecular weight is 285 g/mol. The number of nitrogens with zero attached hydrogens (tertiary/aromatic N) is 2. The van der Waals surface area contributed by atoms with Gasteiger partial charge in [0.05, 0.1) is 12.1 Å². The zero-order valence-electron chi connectivity index (χ0n) is 11.8. The summed E-state index contributed by atoms with van der Waals surface area (Å²) in [6.45, 7) is 6.16. The highest BCUT2D eigenvalue weighted by Crippen LogP contribution is 2.23. The molecule has 3 nitrogen and oxygen atoms in total. The fourth-order valence-electron chi connectivity index (χ4n) is 2.40. The smallest absolute Gasteiger partial charge is 0.0794 e. The van der Waals surface area contributed by atoms with Crippen LogP contribution in [0.15, 0.2) is 42.2 Å². The van der Waals surface area contributed by atoms with Gasteiger partial charge in [-0.25, -0.2) is 0 Å². The van der Waals surface area contributed by atoms with Crippen molar-refractivity contribution >= 4 is 22.2 Å². The fraction of sp³-hybridized carbons (Fsp3) is 0.312. The molecule has 4 heteroatoms. The minimum absolute atomic E-state index is 0.499. The summed E-state index contributed by atoms with van der Waals surface area (Å²) in [5, 5.41) is 4.84. The molecule has 0 unspecified atom stereocenters. The molecule has 0 amide bonds. The molecule has 0 aliphatic heterocycles. The van der Waals surface area contributed by atoms with E-state index in [0.29, 0.717) is 6.04 Å². The van der Waals surface area contributed by atoms with Gasteiger partial charge in [-0.2, -0.15) is 0 Å². The summed E-state index contributed by atoms with van der Waals surface area (Å²) in [6.07, 6.45) is 4.21. The maximum atomic E-state index is 4.16. The summed E-state index contributed by atoms with van der Waals surface area (Å²) in [5.74, 6) is 0. The molecule has 0 saturated heterocycles. The highest BCUT2D eigenvalue weighted by Gasteiger charge is 2.09. The zero-order valence-corrected chi connectivity index (χ0v) is 12.7. The standard InChI is InChI=1S/C16H19N3S/c1-12(2)18-7-13-9-19(10-14-8-17-11-20-14)16-6-4-3-5-15(13)16/h3-6,8-9,11-12,18H,7,10H2,1-2H3. The second kappa shape index (κ2) is 5.77. The number of benzene rings is 1. The Kier molecular flexibility index (Phi) is 3.85. The van der Waals surface area contributed by atoms with Crippen LogP contribution in [-0.2, 0) is 13.1 Å². The summed E-state index contributed by atoms with van der Waals surface area (Å²) < 4.78 is 2.32. The molecular weight excluding hydrogens is 266 g/mol. The lowest BCUT2D eigenvalue weighted by molar-refractivity contribution is 0.589. The number of hydrogen-bond acceptors (Lipinski definition) is 3. The largest absolute Gasteiger partial charge is 0.342 e. The molecule has 2 heterocycles. The van der Waals surface area contributed by atoms with Crippen molar-refractivity contribution in [1.29, 1.82) is 0 Å². The molecule has 3 rings (SSSR count). The SMILES string of the molecule is CC(C)NCc1cn(Cc2cncs2)c2ccccc12. The number of nitrogens with one attached hydrogen (secondary N) is 1. The lowest BCUT2D eigenvalue weighted by Gasteiger charge is -2.06. The first-order valence-electron chi connectivity index (χ1n) is 6.91. The number of aromatic nitrogens is 2. The molecule has 1 aromatic carbocycles. The Balaban J connectivity index is 1.95. The monoisotopic (exact) mass is 285 g/mol. The van der Waals surface area contributed by atoms with Crippen molar-refractivity contribution in [2.45, 2.75) is 33.0 Å². The first kappa shape index (κ1) is 13.3. The van der Waals surface area contributed by atoms with Gasteiger partial charge in [0.15, 0.2) is 0 Å². The van der Waals surface area contributed by atoms with E-state index in [9.17, 15) is 0 Å². The highest BCUT2D eigenvalue weighted by molar-refractivity contribution is 7.09. The van der Waals surface area contributed by atoms with Crippen molar-refractivity contribution in [3.8, 4) is 0 Å². The van der Waals surface area contributed by atoms with Crippen LogP contribution in [0.5, 0.6) is 0 Å². The molecule has 2 aromatic heterocycles. The normalized spacial score (nSPS) is 11.6. The van der Waals surface area contributed by atoms with Gasteiger partial charge in [0.25, 0.3) is 0 Å². The molecule has 3 aromatic rings. The first-order valence-corrected chi connectivity index (χ1v) is 7.79. The predicted octanol–water partition coefficient (Wildman–Crippen LogP) is 3.64. The second-order valence-corrected chi connectivity index (χ2v) is 6.27. The van der Waals surface area contributed by atoms with E-state index in [1.54, 1.807) is 11.3 Å². The quantitative estimate of drug-likeness (QED) is 0.775. The highest BCUT2D eigenvalue weighted by atomic mass is 32.1. The van der Waals surface area contributed by atoms with Crippen LogP contribution in [0.2, 0.25) is 0 Å². The fourth-order valence-corrected chi connectivity index (χ4v) is 2.99. The Labute approximate surface area is 123 Å². The Hall–Kier alpha value is -1.65. The minimum Gasteiger partial charge on any atom is -0.342 e.